The molecular weight excluding hydrogens is 285 g/mol. The number of carbonyl (C=O) groups is 1. The minimum absolute atomic E-state index is 0.0927. The highest BCUT2D eigenvalue weighted by Gasteiger charge is 2.14. The molecular formula is C17H18FNOS. The highest BCUT2D eigenvalue weighted by atomic mass is 32.2. The first-order valence-corrected chi connectivity index (χ1v) is 7.64. The van der Waals surface area contributed by atoms with Crippen LogP contribution in [0.4, 0.5) is 10.1 Å². The van der Waals surface area contributed by atoms with Crippen LogP contribution < -0.4 is 5.32 Å². The molecule has 21 heavy (non-hydrogen) atoms. The molecule has 0 fully saturated rings. The molecule has 2 aromatic carbocycles. The van der Waals surface area contributed by atoms with Crippen LogP contribution in [0.25, 0.3) is 0 Å². The summed E-state index contributed by atoms with van der Waals surface area (Å²) < 4.78 is 12.8. The largest absolute Gasteiger partial charge is 0.325 e. The Bertz CT molecular complexity index is 640. The van der Waals surface area contributed by atoms with Gasteiger partial charge in [-0.2, -0.15) is 0 Å². The van der Waals surface area contributed by atoms with Gasteiger partial charge in [0.15, 0.2) is 0 Å². The molecule has 1 N–H and O–H groups in total. The van der Waals surface area contributed by atoms with Crippen molar-refractivity contribution in [2.75, 3.05) is 5.32 Å². The third-order valence-corrected chi connectivity index (χ3v) is 4.37. The van der Waals surface area contributed by atoms with Crippen LogP contribution in [0.1, 0.15) is 18.1 Å². The first kappa shape index (κ1) is 15.6. The average molecular weight is 303 g/mol. The van der Waals surface area contributed by atoms with Gasteiger partial charge >= 0.3 is 0 Å². The van der Waals surface area contributed by atoms with Crippen LogP contribution in [0.5, 0.6) is 0 Å². The standard InChI is InChI=1S/C17H18FNOS/c1-11-4-9-16(10-12(11)2)21-13(3)17(20)19-15-7-5-14(18)6-8-15/h4-10,13H,1-3H3,(H,19,20)/t13-/m0/s1. The van der Waals surface area contributed by atoms with Gasteiger partial charge in [-0.3, -0.25) is 4.79 Å². The van der Waals surface area contributed by atoms with Crippen LogP contribution in [0.15, 0.2) is 47.4 Å². The molecule has 0 aliphatic rings. The van der Waals surface area contributed by atoms with E-state index >= 15 is 0 Å². The molecule has 4 heteroatoms. The first-order valence-electron chi connectivity index (χ1n) is 6.76. The van der Waals surface area contributed by atoms with Gasteiger partial charge in [0.1, 0.15) is 5.82 Å². The van der Waals surface area contributed by atoms with Gasteiger partial charge in [0.05, 0.1) is 5.25 Å². The van der Waals surface area contributed by atoms with E-state index in [-0.39, 0.29) is 17.0 Å². The maximum Gasteiger partial charge on any atom is 0.237 e. The number of hydrogen-bond donors (Lipinski definition) is 1. The zero-order chi connectivity index (χ0) is 15.4. The monoisotopic (exact) mass is 303 g/mol. The summed E-state index contributed by atoms with van der Waals surface area (Å²) in [5.74, 6) is -0.407. The molecule has 0 aromatic heterocycles. The fraction of sp³-hybridized carbons (Fsp3) is 0.235. The van der Waals surface area contributed by atoms with E-state index < -0.39 is 0 Å². The molecule has 1 amide bonds. The van der Waals surface area contributed by atoms with Crippen LogP contribution >= 0.6 is 11.8 Å². The lowest BCUT2D eigenvalue weighted by Gasteiger charge is -2.13. The minimum Gasteiger partial charge on any atom is -0.325 e. The Hall–Kier alpha value is -1.81. The molecule has 0 aliphatic heterocycles. The van der Waals surface area contributed by atoms with Crippen molar-refractivity contribution in [3.8, 4) is 0 Å². The number of nitrogens with one attached hydrogen (secondary N) is 1. The number of aryl methyl sites for hydroxylation is 2. The second kappa shape index (κ2) is 6.76. The van der Waals surface area contributed by atoms with Crippen molar-refractivity contribution in [1.29, 1.82) is 0 Å². The van der Waals surface area contributed by atoms with Gasteiger partial charge in [0, 0.05) is 10.6 Å². The summed E-state index contributed by atoms with van der Waals surface area (Å²) in [6, 6.07) is 11.9. The Morgan fingerprint density at radius 1 is 1.10 bits per heavy atom. The molecule has 0 radical (unpaired) electrons. The highest BCUT2D eigenvalue weighted by molar-refractivity contribution is 8.00. The Morgan fingerprint density at radius 3 is 2.38 bits per heavy atom. The summed E-state index contributed by atoms with van der Waals surface area (Å²) in [5, 5.41) is 2.56. The molecule has 2 aromatic rings. The summed E-state index contributed by atoms with van der Waals surface area (Å²) in [5.41, 5.74) is 3.06. The maximum atomic E-state index is 12.8. The minimum atomic E-state index is -0.314. The maximum absolute atomic E-state index is 12.8. The van der Waals surface area contributed by atoms with Crippen molar-refractivity contribution in [3.05, 3.63) is 59.4 Å². The number of carbonyl (C=O) groups excluding carboxylic acids is 1. The Morgan fingerprint density at radius 2 is 1.76 bits per heavy atom. The number of anilines is 1. The molecule has 2 nitrogen and oxygen atoms in total. The van der Waals surface area contributed by atoms with Gasteiger partial charge in [0.2, 0.25) is 5.91 Å². The highest BCUT2D eigenvalue weighted by Crippen LogP contribution is 2.26. The van der Waals surface area contributed by atoms with Crippen LogP contribution in [0.3, 0.4) is 0 Å². The summed E-state index contributed by atoms with van der Waals surface area (Å²) >= 11 is 1.51. The van der Waals surface area contributed by atoms with Gasteiger partial charge in [-0.1, -0.05) is 6.07 Å². The quantitative estimate of drug-likeness (QED) is 0.839. The molecule has 110 valence electrons. The van der Waals surface area contributed by atoms with Crippen molar-refractivity contribution in [1.82, 2.24) is 0 Å². The fourth-order valence-corrected chi connectivity index (χ4v) is 2.79. The summed E-state index contributed by atoms with van der Waals surface area (Å²) in [6.45, 7) is 5.98. The van der Waals surface area contributed by atoms with Gasteiger partial charge in [-0.05, 0) is 68.3 Å². The molecule has 0 aliphatic carbocycles. The van der Waals surface area contributed by atoms with Gasteiger partial charge in [0.25, 0.3) is 0 Å². The number of amides is 1. The molecule has 0 heterocycles. The SMILES string of the molecule is Cc1ccc(S[C@@H](C)C(=O)Nc2ccc(F)cc2)cc1C. The Labute approximate surface area is 128 Å². The van der Waals surface area contributed by atoms with Crippen LogP contribution in [-0.2, 0) is 4.79 Å². The molecule has 0 saturated heterocycles. The third-order valence-electron chi connectivity index (χ3n) is 3.27. The first-order chi connectivity index (χ1) is 9.95. The van der Waals surface area contributed by atoms with Crippen LogP contribution in [0, 0.1) is 19.7 Å². The number of hydrogen-bond acceptors (Lipinski definition) is 2. The van der Waals surface area contributed by atoms with Crippen LogP contribution in [-0.4, -0.2) is 11.2 Å². The van der Waals surface area contributed by atoms with Gasteiger partial charge in [-0.25, -0.2) is 4.39 Å². The molecule has 0 bridgehead atoms. The summed E-state index contributed by atoms with van der Waals surface area (Å²) in [6.07, 6.45) is 0. The number of thioether (sulfide) groups is 1. The lowest BCUT2D eigenvalue weighted by molar-refractivity contribution is -0.115. The molecule has 2 rings (SSSR count). The van der Waals surface area contributed by atoms with Crippen molar-refractivity contribution in [2.24, 2.45) is 0 Å². The zero-order valence-electron chi connectivity index (χ0n) is 12.3. The smallest absolute Gasteiger partial charge is 0.237 e. The lowest BCUT2D eigenvalue weighted by atomic mass is 10.1. The van der Waals surface area contributed by atoms with Crippen molar-refractivity contribution in [2.45, 2.75) is 30.9 Å². The van der Waals surface area contributed by atoms with Gasteiger partial charge in [-0.15, -0.1) is 11.8 Å². The van der Waals surface area contributed by atoms with Crippen molar-refractivity contribution >= 4 is 23.4 Å². The predicted molar refractivity (Wildman–Crippen MR) is 86.3 cm³/mol. The van der Waals surface area contributed by atoms with E-state index in [0.717, 1.165) is 4.90 Å². The fourth-order valence-electron chi connectivity index (χ4n) is 1.82. The summed E-state index contributed by atoms with van der Waals surface area (Å²) in [7, 11) is 0. The van der Waals surface area contributed by atoms with E-state index in [1.54, 1.807) is 12.1 Å². The summed E-state index contributed by atoms with van der Waals surface area (Å²) in [4.78, 5) is 13.2. The number of halogens is 1. The van der Waals surface area contributed by atoms with E-state index in [1.807, 2.05) is 13.0 Å². The lowest BCUT2D eigenvalue weighted by Crippen LogP contribution is -2.22. The number of benzene rings is 2. The van der Waals surface area contributed by atoms with Crippen molar-refractivity contribution < 1.29 is 9.18 Å². The average Bonchev–Trinajstić information content (AvgIpc) is 2.45. The zero-order valence-corrected chi connectivity index (χ0v) is 13.1. The van der Waals surface area contributed by atoms with E-state index in [4.69, 9.17) is 0 Å². The Balaban J connectivity index is 1.98. The van der Waals surface area contributed by atoms with E-state index in [9.17, 15) is 9.18 Å². The van der Waals surface area contributed by atoms with Gasteiger partial charge < -0.3 is 5.32 Å². The Kier molecular flexibility index (Phi) is 5.02. The topological polar surface area (TPSA) is 29.1 Å². The van der Waals surface area contributed by atoms with Crippen molar-refractivity contribution in [3.63, 3.8) is 0 Å². The normalized spacial score (nSPS) is 12.0. The number of rotatable bonds is 4. The molecule has 0 spiro atoms. The third kappa shape index (κ3) is 4.33. The van der Waals surface area contributed by atoms with Crippen LogP contribution in [0.2, 0.25) is 0 Å². The molecule has 1 atom stereocenters. The second-order valence-corrected chi connectivity index (χ2v) is 6.42. The second-order valence-electron chi connectivity index (χ2n) is 5.00. The van der Waals surface area contributed by atoms with E-state index in [0.29, 0.717) is 5.69 Å². The molecule has 0 saturated carbocycles. The van der Waals surface area contributed by atoms with E-state index in [2.05, 4.69) is 31.3 Å². The predicted octanol–water partition coefficient (Wildman–Crippen LogP) is 4.56. The molecule has 0 unspecified atom stereocenters. The van der Waals surface area contributed by atoms with E-state index in [1.165, 1.54) is 35.0 Å².